The first kappa shape index (κ1) is 15.8. The molecule has 0 radical (unpaired) electrons. The molecule has 1 fully saturated rings. The van der Waals surface area contributed by atoms with Crippen LogP contribution in [0.4, 0.5) is 11.4 Å². The Morgan fingerprint density at radius 1 is 1.43 bits per heavy atom. The van der Waals surface area contributed by atoms with Gasteiger partial charge in [0, 0.05) is 18.8 Å². The van der Waals surface area contributed by atoms with Crippen molar-refractivity contribution in [2.45, 2.75) is 45.3 Å². The van der Waals surface area contributed by atoms with Crippen molar-refractivity contribution in [2.75, 3.05) is 23.4 Å². The molecule has 0 spiro atoms. The number of nitrogens with one attached hydrogen (secondary N) is 1. The maximum absolute atomic E-state index is 12.3. The molecule has 3 rings (SSSR count). The Hall–Kier alpha value is -2.08. The fourth-order valence-electron chi connectivity index (χ4n) is 2.95. The molecule has 2 amide bonds. The lowest BCUT2D eigenvalue weighted by Crippen LogP contribution is -2.44. The highest BCUT2D eigenvalue weighted by Gasteiger charge is 2.31. The summed E-state index contributed by atoms with van der Waals surface area (Å²) in [6.45, 7) is 5.03. The quantitative estimate of drug-likeness (QED) is 0.925. The van der Waals surface area contributed by atoms with Crippen LogP contribution in [0.15, 0.2) is 18.2 Å². The fourth-order valence-corrected chi connectivity index (χ4v) is 2.95. The number of fused-ring (bicyclic) bond motifs is 1. The number of amides is 2. The van der Waals surface area contributed by atoms with Crippen molar-refractivity contribution in [1.82, 2.24) is 0 Å². The molecule has 1 N–H and O–H groups in total. The van der Waals surface area contributed by atoms with Crippen molar-refractivity contribution in [2.24, 2.45) is 0 Å². The number of benzene rings is 1. The van der Waals surface area contributed by atoms with E-state index in [1.807, 2.05) is 6.92 Å². The van der Waals surface area contributed by atoms with Crippen molar-refractivity contribution in [3.05, 3.63) is 18.2 Å². The van der Waals surface area contributed by atoms with Gasteiger partial charge in [-0.15, -0.1) is 0 Å². The molecule has 2 aliphatic rings. The van der Waals surface area contributed by atoms with E-state index in [0.29, 0.717) is 30.3 Å². The van der Waals surface area contributed by atoms with Crippen LogP contribution in [0.25, 0.3) is 0 Å². The maximum Gasteiger partial charge on any atom is 0.267 e. The minimum atomic E-state index is -0.485. The molecule has 2 heterocycles. The molecular formula is C17H22N2O4. The highest BCUT2D eigenvalue weighted by Crippen LogP contribution is 2.36. The highest BCUT2D eigenvalue weighted by atomic mass is 16.5. The number of rotatable bonds is 4. The van der Waals surface area contributed by atoms with E-state index in [2.05, 4.69) is 5.32 Å². The average molecular weight is 318 g/mol. The van der Waals surface area contributed by atoms with E-state index in [1.54, 1.807) is 30.0 Å². The van der Waals surface area contributed by atoms with Crippen LogP contribution in [0.2, 0.25) is 0 Å². The molecule has 124 valence electrons. The lowest BCUT2D eigenvalue weighted by Gasteiger charge is -2.33. The summed E-state index contributed by atoms with van der Waals surface area (Å²) in [4.78, 5) is 26.2. The molecule has 1 aromatic rings. The standard InChI is InChI=1S/C17H22N2O4/c1-3-8-19-13-10-12(18-16(20)15-5-4-9-22-15)6-7-14(13)23-11(2)17(19)21/h6-7,10-11,15H,3-5,8-9H2,1-2H3,(H,18,20). The summed E-state index contributed by atoms with van der Waals surface area (Å²) in [5, 5.41) is 2.87. The zero-order valence-electron chi connectivity index (χ0n) is 13.5. The minimum absolute atomic E-state index is 0.0537. The van der Waals surface area contributed by atoms with E-state index in [1.165, 1.54) is 0 Å². The van der Waals surface area contributed by atoms with Crippen LogP contribution in [0.1, 0.15) is 33.1 Å². The van der Waals surface area contributed by atoms with Gasteiger partial charge in [-0.3, -0.25) is 9.59 Å². The van der Waals surface area contributed by atoms with Gasteiger partial charge in [-0.1, -0.05) is 6.92 Å². The second kappa shape index (κ2) is 6.58. The molecule has 2 unspecified atom stereocenters. The molecule has 2 aliphatic heterocycles. The SMILES string of the molecule is CCCN1C(=O)C(C)Oc2ccc(NC(=O)C3CCCO3)cc21. The summed E-state index contributed by atoms with van der Waals surface area (Å²) < 4.78 is 11.0. The summed E-state index contributed by atoms with van der Waals surface area (Å²) in [5.74, 6) is 0.475. The topological polar surface area (TPSA) is 67.9 Å². The second-order valence-electron chi connectivity index (χ2n) is 5.92. The van der Waals surface area contributed by atoms with Crippen molar-refractivity contribution in [3.8, 4) is 5.75 Å². The Bertz CT molecular complexity index is 611. The van der Waals surface area contributed by atoms with Crippen molar-refractivity contribution >= 4 is 23.2 Å². The van der Waals surface area contributed by atoms with Gasteiger partial charge in [0.15, 0.2) is 6.10 Å². The second-order valence-corrected chi connectivity index (χ2v) is 5.92. The third-order valence-electron chi connectivity index (χ3n) is 4.10. The average Bonchev–Trinajstić information content (AvgIpc) is 3.07. The lowest BCUT2D eigenvalue weighted by atomic mass is 10.1. The molecule has 0 saturated carbocycles. The summed E-state index contributed by atoms with van der Waals surface area (Å²) >= 11 is 0. The summed E-state index contributed by atoms with van der Waals surface area (Å²) in [7, 11) is 0. The van der Waals surface area contributed by atoms with Crippen LogP contribution in [0, 0.1) is 0 Å². The lowest BCUT2D eigenvalue weighted by molar-refractivity contribution is -0.125. The molecule has 0 aromatic heterocycles. The molecule has 6 heteroatoms. The van der Waals surface area contributed by atoms with Crippen molar-refractivity contribution < 1.29 is 19.1 Å². The van der Waals surface area contributed by atoms with E-state index >= 15 is 0 Å². The molecule has 1 saturated heterocycles. The molecule has 6 nitrogen and oxygen atoms in total. The van der Waals surface area contributed by atoms with E-state index in [9.17, 15) is 9.59 Å². The van der Waals surface area contributed by atoms with E-state index in [4.69, 9.17) is 9.47 Å². The smallest absolute Gasteiger partial charge is 0.267 e. The zero-order chi connectivity index (χ0) is 16.4. The first-order chi connectivity index (χ1) is 11.1. The van der Waals surface area contributed by atoms with Crippen LogP contribution in [-0.2, 0) is 14.3 Å². The largest absolute Gasteiger partial charge is 0.479 e. The first-order valence-corrected chi connectivity index (χ1v) is 8.14. The van der Waals surface area contributed by atoms with Gasteiger partial charge in [-0.2, -0.15) is 0 Å². The van der Waals surface area contributed by atoms with Gasteiger partial charge in [-0.05, 0) is 44.4 Å². The number of anilines is 2. The number of carbonyl (C=O) groups excluding carboxylic acids is 2. The predicted octanol–water partition coefficient (Wildman–Crippen LogP) is 2.33. The Labute approximate surface area is 135 Å². The third-order valence-corrected chi connectivity index (χ3v) is 4.10. The molecule has 0 aliphatic carbocycles. The number of ether oxygens (including phenoxy) is 2. The van der Waals surface area contributed by atoms with Gasteiger partial charge in [0.2, 0.25) is 0 Å². The van der Waals surface area contributed by atoms with E-state index in [0.717, 1.165) is 19.3 Å². The Kier molecular flexibility index (Phi) is 4.52. The van der Waals surface area contributed by atoms with Gasteiger partial charge < -0.3 is 19.7 Å². The van der Waals surface area contributed by atoms with Crippen molar-refractivity contribution in [3.63, 3.8) is 0 Å². The number of carbonyl (C=O) groups is 2. The number of hydrogen-bond acceptors (Lipinski definition) is 4. The Morgan fingerprint density at radius 3 is 2.96 bits per heavy atom. The van der Waals surface area contributed by atoms with Gasteiger partial charge in [0.25, 0.3) is 11.8 Å². The zero-order valence-corrected chi connectivity index (χ0v) is 13.5. The predicted molar refractivity (Wildman–Crippen MR) is 86.8 cm³/mol. The van der Waals surface area contributed by atoms with Gasteiger partial charge in [0.1, 0.15) is 11.9 Å². The summed E-state index contributed by atoms with van der Waals surface area (Å²) in [6.07, 6.45) is 1.65. The van der Waals surface area contributed by atoms with Gasteiger partial charge >= 0.3 is 0 Å². The molecular weight excluding hydrogens is 296 g/mol. The van der Waals surface area contributed by atoms with E-state index < -0.39 is 6.10 Å². The third kappa shape index (κ3) is 3.17. The van der Waals surface area contributed by atoms with Crippen LogP contribution < -0.4 is 15.0 Å². The number of hydrogen-bond donors (Lipinski definition) is 1. The molecule has 0 bridgehead atoms. The first-order valence-electron chi connectivity index (χ1n) is 8.14. The van der Waals surface area contributed by atoms with Crippen LogP contribution in [0.5, 0.6) is 5.75 Å². The van der Waals surface area contributed by atoms with Crippen LogP contribution >= 0.6 is 0 Å². The van der Waals surface area contributed by atoms with Crippen LogP contribution in [0.3, 0.4) is 0 Å². The fraction of sp³-hybridized carbons (Fsp3) is 0.529. The highest BCUT2D eigenvalue weighted by molar-refractivity contribution is 6.01. The Morgan fingerprint density at radius 2 is 2.26 bits per heavy atom. The summed E-state index contributed by atoms with van der Waals surface area (Å²) in [5.41, 5.74) is 1.36. The Balaban J connectivity index is 1.82. The maximum atomic E-state index is 12.3. The summed E-state index contributed by atoms with van der Waals surface area (Å²) in [6, 6.07) is 5.38. The van der Waals surface area contributed by atoms with E-state index in [-0.39, 0.29) is 17.9 Å². The minimum Gasteiger partial charge on any atom is -0.479 e. The van der Waals surface area contributed by atoms with Gasteiger partial charge in [0.05, 0.1) is 5.69 Å². The normalized spacial score (nSPS) is 23.4. The van der Waals surface area contributed by atoms with Crippen molar-refractivity contribution in [1.29, 1.82) is 0 Å². The molecule has 23 heavy (non-hydrogen) atoms. The van der Waals surface area contributed by atoms with Crippen LogP contribution in [-0.4, -0.2) is 37.2 Å². The monoisotopic (exact) mass is 318 g/mol. The number of nitrogens with zero attached hydrogens (tertiary/aromatic N) is 1. The molecule has 2 atom stereocenters. The molecule has 1 aromatic carbocycles. The van der Waals surface area contributed by atoms with Gasteiger partial charge in [-0.25, -0.2) is 0 Å².